The Bertz CT molecular complexity index is 1520. The molecular formula is C22H17BrF2N4O3S. The smallest absolute Gasteiger partial charge is 0.298 e. The Balaban J connectivity index is 1.95. The summed E-state index contributed by atoms with van der Waals surface area (Å²) in [5, 5.41) is 0.630. The second-order valence-electron chi connectivity index (χ2n) is 7.13. The van der Waals surface area contributed by atoms with Gasteiger partial charge in [-0.15, -0.1) is 0 Å². The Kier molecular flexibility index (Phi) is 5.95. The van der Waals surface area contributed by atoms with Crippen LogP contribution in [-0.2, 0) is 10.2 Å². The van der Waals surface area contributed by atoms with Crippen molar-refractivity contribution in [1.29, 1.82) is 0 Å². The molecule has 1 heterocycles. The summed E-state index contributed by atoms with van der Waals surface area (Å²) in [6.45, 7) is 0. The predicted octanol–water partition coefficient (Wildman–Crippen LogP) is 4.31. The first kappa shape index (κ1) is 22.9. The molecule has 0 unspecified atom stereocenters. The summed E-state index contributed by atoms with van der Waals surface area (Å²) in [4.78, 5) is 12.2. The van der Waals surface area contributed by atoms with Crippen molar-refractivity contribution in [3.63, 3.8) is 0 Å². The van der Waals surface area contributed by atoms with Crippen LogP contribution in [0, 0.1) is 11.6 Å². The summed E-state index contributed by atoms with van der Waals surface area (Å²) >= 11 is 3.40. The molecule has 0 spiro atoms. The van der Waals surface area contributed by atoms with Gasteiger partial charge < -0.3 is 10.3 Å². The van der Waals surface area contributed by atoms with Gasteiger partial charge in [0.05, 0.1) is 11.2 Å². The average Bonchev–Trinajstić information content (AvgIpc) is 3.12. The van der Waals surface area contributed by atoms with Crippen LogP contribution in [0.15, 0.2) is 65.1 Å². The first-order chi connectivity index (χ1) is 15.6. The minimum absolute atomic E-state index is 0.141. The molecule has 1 amide bonds. The highest BCUT2D eigenvalue weighted by molar-refractivity contribution is 9.10. The van der Waals surface area contributed by atoms with Gasteiger partial charge in [0.15, 0.2) is 0 Å². The summed E-state index contributed by atoms with van der Waals surface area (Å²) in [6, 6.07) is 14.6. The lowest BCUT2D eigenvalue weighted by Gasteiger charge is -2.14. The zero-order valence-electron chi connectivity index (χ0n) is 17.1. The number of nitrogens with one attached hydrogen (secondary N) is 2. The van der Waals surface area contributed by atoms with Crippen molar-refractivity contribution in [1.82, 2.24) is 9.29 Å². The molecule has 4 aromatic rings. The third kappa shape index (κ3) is 4.61. The number of anilines is 1. The number of carbonyl (C=O) groups excluding carboxylic acids is 1. The molecule has 7 nitrogen and oxygen atoms in total. The van der Waals surface area contributed by atoms with Crippen LogP contribution in [0.2, 0.25) is 0 Å². The van der Waals surface area contributed by atoms with E-state index in [4.69, 9.17) is 5.73 Å². The van der Waals surface area contributed by atoms with Crippen molar-refractivity contribution in [2.75, 3.05) is 11.8 Å². The second-order valence-corrected chi connectivity index (χ2v) is 9.67. The minimum atomic E-state index is -3.77. The molecule has 0 saturated heterocycles. The molecule has 3 aromatic carbocycles. The SMILES string of the molecule is CNS(=O)(=O)Nc1ccc2cc(C(N)=O)n(-c3cc(Br)cc(-c4ccc(F)cc4F)c3)c2c1. The Labute approximate surface area is 196 Å². The van der Waals surface area contributed by atoms with Gasteiger partial charge in [-0.1, -0.05) is 22.0 Å². The molecule has 1 aromatic heterocycles. The van der Waals surface area contributed by atoms with E-state index in [0.29, 0.717) is 26.6 Å². The lowest BCUT2D eigenvalue weighted by atomic mass is 10.0. The topological polar surface area (TPSA) is 106 Å². The zero-order valence-corrected chi connectivity index (χ0v) is 19.5. The van der Waals surface area contributed by atoms with Crippen molar-refractivity contribution < 1.29 is 22.0 Å². The number of amides is 1. The predicted molar refractivity (Wildman–Crippen MR) is 126 cm³/mol. The monoisotopic (exact) mass is 534 g/mol. The molecule has 4 N–H and O–H groups in total. The second kappa shape index (κ2) is 8.58. The van der Waals surface area contributed by atoms with Gasteiger partial charge in [0.2, 0.25) is 0 Å². The third-order valence-corrected chi connectivity index (χ3v) is 6.46. The van der Waals surface area contributed by atoms with Crippen LogP contribution in [0.4, 0.5) is 14.5 Å². The normalized spacial score (nSPS) is 11.6. The van der Waals surface area contributed by atoms with Gasteiger partial charge in [-0.2, -0.15) is 8.42 Å². The van der Waals surface area contributed by atoms with E-state index in [2.05, 4.69) is 25.4 Å². The van der Waals surface area contributed by atoms with Gasteiger partial charge >= 0.3 is 0 Å². The van der Waals surface area contributed by atoms with Gasteiger partial charge in [0.1, 0.15) is 17.3 Å². The number of hydrogen-bond acceptors (Lipinski definition) is 3. The number of nitrogens with two attached hydrogens (primary N) is 1. The van der Waals surface area contributed by atoms with Crippen molar-refractivity contribution in [2.24, 2.45) is 5.73 Å². The Morgan fingerprint density at radius 1 is 1.03 bits per heavy atom. The molecule has 4 rings (SSSR count). The lowest BCUT2D eigenvalue weighted by molar-refractivity contribution is 0.0994. The molecule has 0 atom stereocenters. The van der Waals surface area contributed by atoms with Crippen LogP contribution in [-0.4, -0.2) is 25.9 Å². The molecule has 33 heavy (non-hydrogen) atoms. The molecular weight excluding hydrogens is 518 g/mol. The fourth-order valence-electron chi connectivity index (χ4n) is 3.51. The molecule has 0 radical (unpaired) electrons. The van der Waals surface area contributed by atoms with Crippen LogP contribution < -0.4 is 15.2 Å². The molecule has 0 fully saturated rings. The van der Waals surface area contributed by atoms with Crippen LogP contribution in [0.1, 0.15) is 10.5 Å². The Hall–Kier alpha value is -3.28. The van der Waals surface area contributed by atoms with E-state index in [-0.39, 0.29) is 16.9 Å². The number of carbonyl (C=O) groups is 1. The van der Waals surface area contributed by atoms with Crippen molar-refractivity contribution >= 4 is 48.6 Å². The van der Waals surface area contributed by atoms with E-state index in [1.54, 1.807) is 47.0 Å². The van der Waals surface area contributed by atoms with Gasteiger partial charge in [0.25, 0.3) is 16.1 Å². The minimum Gasteiger partial charge on any atom is -0.364 e. The van der Waals surface area contributed by atoms with E-state index in [0.717, 1.165) is 12.1 Å². The summed E-state index contributed by atoms with van der Waals surface area (Å²) in [7, 11) is -2.50. The van der Waals surface area contributed by atoms with Gasteiger partial charge in [-0.25, -0.2) is 13.5 Å². The number of fused-ring (bicyclic) bond motifs is 1. The highest BCUT2D eigenvalue weighted by Crippen LogP contribution is 2.33. The van der Waals surface area contributed by atoms with Gasteiger partial charge in [-0.3, -0.25) is 9.52 Å². The number of nitrogens with zero attached hydrogens (tertiary/aromatic N) is 1. The summed E-state index contributed by atoms with van der Waals surface area (Å²) in [5.74, 6) is -2.15. The molecule has 0 aliphatic heterocycles. The fourth-order valence-corrected chi connectivity index (χ4v) is 4.53. The van der Waals surface area contributed by atoms with E-state index < -0.39 is 27.8 Å². The largest absolute Gasteiger partial charge is 0.364 e. The highest BCUT2D eigenvalue weighted by atomic mass is 79.9. The molecule has 0 bridgehead atoms. The van der Waals surface area contributed by atoms with Gasteiger partial charge in [-0.05, 0) is 54.1 Å². The number of halogens is 3. The maximum absolute atomic E-state index is 14.4. The summed E-state index contributed by atoms with van der Waals surface area (Å²) < 4.78 is 58.3. The van der Waals surface area contributed by atoms with Crippen LogP contribution in [0.5, 0.6) is 0 Å². The standard InChI is InChI=1S/C22H17BrF2N4O3S/c1-27-33(31,32)28-16-4-2-12-8-21(22(26)30)29(20(12)11-16)17-7-13(6-14(23)9-17)18-5-3-15(24)10-19(18)25/h2-11,27-28H,1H3,(H2,26,30). The molecule has 0 aliphatic carbocycles. The molecule has 11 heteroatoms. The van der Waals surface area contributed by atoms with Gasteiger partial charge in [0, 0.05) is 34.2 Å². The van der Waals surface area contributed by atoms with Crippen molar-refractivity contribution in [3.05, 3.63) is 82.5 Å². The maximum atomic E-state index is 14.4. The van der Waals surface area contributed by atoms with Crippen LogP contribution >= 0.6 is 15.9 Å². The number of hydrogen-bond donors (Lipinski definition) is 3. The first-order valence-corrected chi connectivity index (χ1v) is 11.8. The summed E-state index contributed by atoms with van der Waals surface area (Å²) in [6.07, 6.45) is 0. The first-order valence-electron chi connectivity index (χ1n) is 9.51. The molecule has 0 aliphatic rings. The number of rotatable bonds is 6. The average molecular weight is 535 g/mol. The van der Waals surface area contributed by atoms with E-state index in [1.165, 1.54) is 13.1 Å². The number of primary amides is 1. The quantitative estimate of drug-likeness (QED) is 0.343. The molecule has 0 saturated carbocycles. The van der Waals surface area contributed by atoms with E-state index in [1.807, 2.05) is 0 Å². The van der Waals surface area contributed by atoms with E-state index in [9.17, 15) is 22.0 Å². The Morgan fingerprint density at radius 2 is 1.79 bits per heavy atom. The number of aromatic nitrogens is 1. The third-order valence-electron chi connectivity index (χ3n) is 4.96. The summed E-state index contributed by atoms with van der Waals surface area (Å²) in [5.41, 5.74) is 7.55. The maximum Gasteiger partial charge on any atom is 0.298 e. The zero-order chi connectivity index (χ0) is 23.9. The van der Waals surface area contributed by atoms with Crippen molar-refractivity contribution in [3.8, 4) is 16.8 Å². The molecule has 170 valence electrons. The van der Waals surface area contributed by atoms with Crippen LogP contribution in [0.3, 0.4) is 0 Å². The van der Waals surface area contributed by atoms with E-state index >= 15 is 0 Å². The fraction of sp³-hybridized carbons (Fsp3) is 0.0455. The highest BCUT2D eigenvalue weighted by Gasteiger charge is 2.18. The number of benzene rings is 3. The van der Waals surface area contributed by atoms with Crippen LogP contribution in [0.25, 0.3) is 27.7 Å². The Morgan fingerprint density at radius 3 is 2.45 bits per heavy atom. The van der Waals surface area contributed by atoms with Crippen molar-refractivity contribution in [2.45, 2.75) is 0 Å². The lowest BCUT2D eigenvalue weighted by Crippen LogP contribution is -2.26.